The molecule has 4 rings (SSSR count). The van der Waals surface area contributed by atoms with E-state index >= 15 is 0 Å². The molecule has 0 amide bonds. The van der Waals surface area contributed by atoms with Crippen LogP contribution in [0.4, 0.5) is 23.2 Å². The Kier molecular flexibility index (Phi) is 3.47. The molecule has 25 heavy (non-hydrogen) atoms. The van der Waals surface area contributed by atoms with E-state index in [4.69, 9.17) is 0 Å². The summed E-state index contributed by atoms with van der Waals surface area (Å²) in [5.41, 5.74) is -0.215. The normalized spacial score (nSPS) is 20.0. The Morgan fingerprint density at radius 2 is 1.88 bits per heavy atom. The second-order valence-electron chi connectivity index (χ2n) is 5.91. The van der Waals surface area contributed by atoms with Crippen LogP contribution in [0.25, 0.3) is 16.6 Å². The van der Waals surface area contributed by atoms with E-state index < -0.39 is 11.8 Å². The van der Waals surface area contributed by atoms with Crippen molar-refractivity contribution in [1.29, 1.82) is 0 Å². The summed E-state index contributed by atoms with van der Waals surface area (Å²) in [7, 11) is 0. The molecule has 2 heterocycles. The predicted octanol–water partition coefficient (Wildman–Crippen LogP) is 3.91. The van der Waals surface area contributed by atoms with Crippen LogP contribution in [0.1, 0.15) is 0 Å². The van der Waals surface area contributed by atoms with Gasteiger partial charge in [-0.2, -0.15) is 18.3 Å². The number of fused-ring (bicyclic) bond motifs is 1. The minimum Gasteiger partial charge on any atom is -0.381 e. The van der Waals surface area contributed by atoms with Crippen LogP contribution in [0.5, 0.6) is 0 Å². The van der Waals surface area contributed by atoms with Gasteiger partial charge < -0.3 is 10.1 Å². The highest BCUT2D eigenvalue weighted by molar-refractivity contribution is 5.92. The summed E-state index contributed by atoms with van der Waals surface area (Å²) in [4.78, 5) is 0. The van der Waals surface area contributed by atoms with Gasteiger partial charge in [-0.15, -0.1) is 0 Å². The number of nitrogens with zero attached hydrogens (tertiary/aromatic N) is 2. The van der Waals surface area contributed by atoms with E-state index in [1.54, 1.807) is 41.2 Å². The fourth-order valence-corrected chi connectivity index (χ4v) is 2.68. The van der Waals surface area contributed by atoms with Gasteiger partial charge in [0.25, 0.3) is 0 Å². The maximum Gasteiger partial charge on any atom is 0.421 e. The van der Waals surface area contributed by atoms with Gasteiger partial charge in [-0.1, -0.05) is 6.07 Å². The van der Waals surface area contributed by atoms with E-state index in [1.807, 2.05) is 0 Å². The highest BCUT2D eigenvalue weighted by atomic mass is 19.4. The van der Waals surface area contributed by atoms with Crippen LogP contribution in [-0.2, 0) is 4.74 Å². The van der Waals surface area contributed by atoms with Crippen molar-refractivity contribution in [2.45, 2.75) is 11.8 Å². The summed E-state index contributed by atoms with van der Waals surface area (Å²) in [6.07, 6.45) is -2.85. The largest absolute Gasteiger partial charge is 0.421 e. The van der Waals surface area contributed by atoms with Crippen molar-refractivity contribution in [3.8, 4) is 5.69 Å². The summed E-state index contributed by atoms with van der Waals surface area (Å²) < 4.78 is 58.2. The van der Waals surface area contributed by atoms with E-state index in [-0.39, 0.29) is 19.0 Å². The molecule has 130 valence electrons. The monoisotopic (exact) mass is 351 g/mol. The Bertz CT molecular complexity index is 914. The number of hydrogen-bond acceptors (Lipinski definition) is 3. The van der Waals surface area contributed by atoms with Gasteiger partial charge in [-0.05, 0) is 36.4 Å². The van der Waals surface area contributed by atoms with Gasteiger partial charge in [0.1, 0.15) is 5.82 Å². The lowest BCUT2D eigenvalue weighted by Crippen LogP contribution is -2.39. The lowest BCUT2D eigenvalue weighted by Gasteiger charge is -2.17. The molecular weight excluding hydrogens is 338 g/mol. The quantitative estimate of drug-likeness (QED) is 0.572. The Balaban J connectivity index is 1.64. The number of hydrogen-bond donors (Lipinski definition) is 1. The molecule has 1 saturated heterocycles. The highest BCUT2D eigenvalue weighted by Crippen LogP contribution is 2.43. The Morgan fingerprint density at radius 1 is 1.16 bits per heavy atom. The molecule has 0 saturated carbocycles. The van der Waals surface area contributed by atoms with Crippen LogP contribution >= 0.6 is 0 Å². The first-order valence-electron chi connectivity index (χ1n) is 7.57. The molecule has 1 unspecified atom stereocenters. The standard InChI is InChI=1S/C17H13F4N3O/c18-11-4-6-12(7-5-11)24-15-3-1-2-14(13(15)8-23-24)22-9-16(10-25-16)17(19,20)21/h1-8,22H,9-10H2. The lowest BCUT2D eigenvalue weighted by molar-refractivity contribution is -0.179. The first-order chi connectivity index (χ1) is 11.9. The van der Waals surface area contributed by atoms with Crippen molar-refractivity contribution in [2.75, 3.05) is 18.5 Å². The Hall–Kier alpha value is -2.61. The molecule has 2 aromatic carbocycles. The van der Waals surface area contributed by atoms with Gasteiger partial charge >= 0.3 is 6.18 Å². The molecule has 1 atom stereocenters. The van der Waals surface area contributed by atoms with Crippen molar-refractivity contribution in [1.82, 2.24) is 9.78 Å². The number of epoxide rings is 1. The first kappa shape index (κ1) is 15.9. The van der Waals surface area contributed by atoms with Crippen LogP contribution in [0, 0.1) is 5.82 Å². The van der Waals surface area contributed by atoms with Crippen molar-refractivity contribution < 1.29 is 22.3 Å². The molecule has 1 N–H and O–H groups in total. The molecule has 0 aliphatic carbocycles. The zero-order chi connectivity index (χ0) is 17.7. The number of ether oxygens (including phenoxy) is 1. The van der Waals surface area contributed by atoms with Crippen molar-refractivity contribution in [2.24, 2.45) is 0 Å². The molecule has 3 aromatic rings. The van der Waals surface area contributed by atoms with E-state index in [0.717, 1.165) is 0 Å². The maximum absolute atomic E-state index is 13.1. The van der Waals surface area contributed by atoms with Crippen LogP contribution in [-0.4, -0.2) is 34.7 Å². The van der Waals surface area contributed by atoms with Crippen LogP contribution < -0.4 is 5.32 Å². The number of halogens is 4. The van der Waals surface area contributed by atoms with Gasteiger partial charge in [-0.25, -0.2) is 9.07 Å². The zero-order valence-corrected chi connectivity index (χ0v) is 12.8. The second kappa shape index (κ2) is 5.45. The van der Waals surface area contributed by atoms with Crippen LogP contribution in [0.2, 0.25) is 0 Å². The SMILES string of the molecule is Fc1ccc(-n2ncc3c(NCC4(C(F)(F)F)CO4)cccc32)cc1. The molecule has 8 heteroatoms. The van der Waals surface area contributed by atoms with Crippen molar-refractivity contribution in [3.63, 3.8) is 0 Å². The molecule has 1 aliphatic rings. The predicted molar refractivity (Wildman–Crippen MR) is 84.3 cm³/mol. The average Bonchev–Trinajstić information content (AvgIpc) is 3.26. The average molecular weight is 351 g/mol. The van der Waals surface area contributed by atoms with E-state index in [0.29, 0.717) is 22.3 Å². The topological polar surface area (TPSA) is 42.4 Å². The van der Waals surface area contributed by atoms with Gasteiger partial charge in [0.15, 0.2) is 0 Å². The molecule has 1 aromatic heterocycles. The van der Waals surface area contributed by atoms with E-state index in [9.17, 15) is 17.6 Å². The smallest absolute Gasteiger partial charge is 0.381 e. The molecule has 1 fully saturated rings. The fourth-order valence-electron chi connectivity index (χ4n) is 2.68. The number of benzene rings is 2. The number of rotatable bonds is 4. The molecule has 4 nitrogen and oxygen atoms in total. The minimum absolute atomic E-state index is 0.339. The van der Waals surface area contributed by atoms with Crippen LogP contribution in [0.15, 0.2) is 48.7 Å². The molecule has 0 radical (unpaired) electrons. The molecule has 1 aliphatic heterocycles. The van der Waals surface area contributed by atoms with Crippen LogP contribution in [0.3, 0.4) is 0 Å². The first-order valence-corrected chi connectivity index (χ1v) is 7.57. The summed E-state index contributed by atoms with van der Waals surface area (Å²) >= 11 is 0. The van der Waals surface area contributed by atoms with E-state index in [1.165, 1.54) is 12.1 Å². The molecule has 0 spiro atoms. The number of aromatic nitrogens is 2. The van der Waals surface area contributed by atoms with E-state index in [2.05, 4.69) is 15.2 Å². The van der Waals surface area contributed by atoms with Gasteiger partial charge in [0.2, 0.25) is 5.60 Å². The van der Waals surface area contributed by atoms with Gasteiger partial charge in [-0.3, -0.25) is 0 Å². The summed E-state index contributed by atoms with van der Waals surface area (Å²) in [5.74, 6) is -0.357. The second-order valence-corrected chi connectivity index (χ2v) is 5.91. The maximum atomic E-state index is 13.1. The Labute approximate surface area is 140 Å². The van der Waals surface area contributed by atoms with Crippen molar-refractivity contribution in [3.05, 3.63) is 54.5 Å². The third-order valence-corrected chi connectivity index (χ3v) is 4.26. The minimum atomic E-state index is -4.41. The number of nitrogens with one attached hydrogen (secondary N) is 1. The zero-order valence-electron chi connectivity index (χ0n) is 12.8. The summed E-state index contributed by atoms with van der Waals surface area (Å²) in [5, 5.41) is 7.75. The molecule has 0 bridgehead atoms. The number of anilines is 1. The molecular formula is C17H13F4N3O. The summed E-state index contributed by atoms with van der Waals surface area (Å²) in [6, 6.07) is 11.0. The summed E-state index contributed by atoms with van der Waals surface area (Å²) in [6.45, 7) is -0.703. The Morgan fingerprint density at radius 3 is 2.52 bits per heavy atom. The lowest BCUT2D eigenvalue weighted by atomic mass is 10.1. The fraction of sp³-hybridized carbons (Fsp3) is 0.235. The van der Waals surface area contributed by atoms with Gasteiger partial charge in [0, 0.05) is 11.1 Å². The van der Waals surface area contributed by atoms with Gasteiger partial charge in [0.05, 0.1) is 30.6 Å². The number of alkyl halides is 3. The third kappa shape index (κ3) is 2.72. The van der Waals surface area contributed by atoms with Crippen molar-refractivity contribution >= 4 is 16.6 Å². The third-order valence-electron chi connectivity index (χ3n) is 4.26. The highest BCUT2D eigenvalue weighted by Gasteiger charge is 2.65.